The highest BCUT2D eigenvalue weighted by Gasteiger charge is 2.54. The highest BCUT2D eigenvalue weighted by Crippen LogP contribution is 2.29. The van der Waals surface area contributed by atoms with E-state index in [0.717, 1.165) is 10.5 Å². The van der Waals surface area contributed by atoms with Crippen molar-refractivity contribution in [2.24, 2.45) is 5.73 Å². The zero-order valence-electron chi connectivity index (χ0n) is 9.41. The van der Waals surface area contributed by atoms with Gasteiger partial charge in [-0.05, 0) is 29.3 Å². The highest BCUT2D eigenvalue weighted by atomic mass is 32.1. The van der Waals surface area contributed by atoms with E-state index >= 15 is 0 Å². The van der Waals surface area contributed by atoms with Crippen molar-refractivity contribution in [1.29, 1.82) is 0 Å². The molecule has 0 saturated heterocycles. The van der Waals surface area contributed by atoms with E-state index in [1.165, 1.54) is 18.4 Å². The Kier molecular flexibility index (Phi) is 3.83. The lowest BCUT2D eigenvalue weighted by Gasteiger charge is -2.30. The molecular formula is C10H13F3N2OS. The number of nitrogens with zero attached hydrogens (tertiary/aromatic N) is 1. The van der Waals surface area contributed by atoms with E-state index in [1.807, 2.05) is 0 Å². The fourth-order valence-electron chi connectivity index (χ4n) is 1.25. The van der Waals surface area contributed by atoms with Crippen LogP contribution in [-0.4, -0.2) is 29.6 Å². The molecule has 1 aromatic rings. The van der Waals surface area contributed by atoms with Gasteiger partial charge in [-0.1, -0.05) is 0 Å². The predicted molar refractivity (Wildman–Crippen MR) is 59.4 cm³/mol. The first-order chi connectivity index (χ1) is 7.66. The summed E-state index contributed by atoms with van der Waals surface area (Å²) in [6.45, 7) is 0.796. The number of likely N-dealkylation sites (N-methyl/N-ethyl adjacent to an activating group) is 1. The first-order valence-electron chi connectivity index (χ1n) is 4.78. The van der Waals surface area contributed by atoms with Gasteiger partial charge >= 0.3 is 6.18 Å². The zero-order valence-corrected chi connectivity index (χ0v) is 10.2. The van der Waals surface area contributed by atoms with Gasteiger partial charge in [0.1, 0.15) is 0 Å². The molecule has 1 unspecified atom stereocenters. The average Bonchev–Trinajstić information content (AvgIpc) is 2.67. The molecule has 96 valence electrons. The topological polar surface area (TPSA) is 46.3 Å². The fourth-order valence-corrected chi connectivity index (χ4v) is 1.91. The molecule has 1 atom stereocenters. The largest absolute Gasteiger partial charge is 0.415 e. The van der Waals surface area contributed by atoms with E-state index in [-0.39, 0.29) is 6.54 Å². The maximum atomic E-state index is 12.6. The van der Waals surface area contributed by atoms with Crippen LogP contribution in [0.1, 0.15) is 12.5 Å². The Morgan fingerprint density at radius 2 is 2.12 bits per heavy atom. The Morgan fingerprint density at radius 3 is 2.53 bits per heavy atom. The third kappa shape index (κ3) is 2.98. The normalized spacial score (nSPS) is 15.4. The summed E-state index contributed by atoms with van der Waals surface area (Å²) in [5.41, 5.74) is 2.99. The molecular weight excluding hydrogens is 253 g/mol. The van der Waals surface area contributed by atoms with E-state index in [9.17, 15) is 18.0 Å². The van der Waals surface area contributed by atoms with Crippen LogP contribution >= 0.6 is 11.3 Å². The van der Waals surface area contributed by atoms with Gasteiger partial charge in [-0.15, -0.1) is 0 Å². The van der Waals surface area contributed by atoms with E-state index in [0.29, 0.717) is 6.92 Å². The van der Waals surface area contributed by atoms with Gasteiger partial charge in [0.2, 0.25) is 0 Å². The van der Waals surface area contributed by atoms with E-state index in [2.05, 4.69) is 0 Å². The van der Waals surface area contributed by atoms with Gasteiger partial charge in [0.25, 0.3) is 5.91 Å². The molecule has 3 nitrogen and oxygen atoms in total. The zero-order chi connectivity index (χ0) is 13.3. The van der Waals surface area contributed by atoms with Crippen LogP contribution in [0.4, 0.5) is 13.2 Å². The lowest BCUT2D eigenvalue weighted by Crippen LogP contribution is -2.61. The molecule has 17 heavy (non-hydrogen) atoms. The number of thiophene rings is 1. The Hall–Kier alpha value is -1.08. The monoisotopic (exact) mass is 266 g/mol. The highest BCUT2D eigenvalue weighted by molar-refractivity contribution is 7.07. The number of nitrogens with two attached hydrogens (primary N) is 1. The summed E-state index contributed by atoms with van der Waals surface area (Å²) in [6.07, 6.45) is -4.76. The van der Waals surface area contributed by atoms with E-state index in [1.54, 1.807) is 16.8 Å². The number of alkyl halides is 3. The van der Waals surface area contributed by atoms with Crippen molar-refractivity contribution < 1.29 is 18.0 Å². The molecule has 0 saturated carbocycles. The summed E-state index contributed by atoms with van der Waals surface area (Å²) in [5.74, 6) is -1.14. The summed E-state index contributed by atoms with van der Waals surface area (Å²) < 4.78 is 37.7. The van der Waals surface area contributed by atoms with Crippen LogP contribution in [0.5, 0.6) is 0 Å². The number of carbonyl (C=O) groups excluding carboxylic acids is 1. The van der Waals surface area contributed by atoms with Crippen molar-refractivity contribution in [3.05, 3.63) is 22.4 Å². The van der Waals surface area contributed by atoms with Crippen LogP contribution in [-0.2, 0) is 11.3 Å². The third-order valence-corrected chi connectivity index (χ3v) is 3.11. The number of amides is 1. The molecule has 1 aromatic heterocycles. The minimum Gasteiger partial charge on any atom is -0.340 e. The molecule has 0 spiro atoms. The third-order valence-electron chi connectivity index (χ3n) is 2.38. The van der Waals surface area contributed by atoms with Gasteiger partial charge < -0.3 is 10.6 Å². The van der Waals surface area contributed by atoms with Crippen molar-refractivity contribution >= 4 is 17.2 Å². The molecule has 0 radical (unpaired) electrons. The Bertz CT molecular complexity index is 387. The first kappa shape index (κ1) is 14.0. The van der Waals surface area contributed by atoms with Crippen LogP contribution in [0.2, 0.25) is 0 Å². The molecule has 0 aliphatic carbocycles. The van der Waals surface area contributed by atoms with Gasteiger partial charge in [-0.3, -0.25) is 4.79 Å². The summed E-state index contributed by atoms with van der Waals surface area (Å²) in [7, 11) is 1.30. The molecule has 0 bridgehead atoms. The summed E-state index contributed by atoms with van der Waals surface area (Å²) in [4.78, 5) is 12.6. The number of hydrogen-bond acceptors (Lipinski definition) is 3. The molecule has 1 amide bonds. The summed E-state index contributed by atoms with van der Waals surface area (Å²) in [6, 6.07) is 1.75. The van der Waals surface area contributed by atoms with E-state index < -0.39 is 17.6 Å². The van der Waals surface area contributed by atoms with Gasteiger partial charge in [-0.25, -0.2) is 0 Å². The standard InChI is InChI=1S/C10H13F3N2OS/c1-9(14,10(11,12)13)8(16)15(2)5-7-3-4-17-6-7/h3-4,6H,5,14H2,1-2H3. The molecule has 0 aromatic carbocycles. The second-order valence-electron chi connectivity index (χ2n) is 3.99. The lowest BCUT2D eigenvalue weighted by atomic mass is 10.0. The minimum atomic E-state index is -4.76. The quantitative estimate of drug-likeness (QED) is 0.909. The van der Waals surface area contributed by atoms with Crippen LogP contribution in [0.15, 0.2) is 16.8 Å². The average molecular weight is 266 g/mol. The van der Waals surface area contributed by atoms with Crippen molar-refractivity contribution in [3.8, 4) is 0 Å². The molecule has 2 N–H and O–H groups in total. The molecule has 7 heteroatoms. The van der Waals surface area contributed by atoms with Crippen LogP contribution in [0, 0.1) is 0 Å². The molecule has 0 aliphatic heterocycles. The number of carbonyl (C=O) groups is 1. The SMILES string of the molecule is CN(Cc1ccsc1)C(=O)C(C)(N)C(F)(F)F. The second kappa shape index (κ2) is 4.66. The Morgan fingerprint density at radius 1 is 1.53 bits per heavy atom. The molecule has 1 heterocycles. The van der Waals surface area contributed by atoms with Gasteiger partial charge in [0, 0.05) is 13.6 Å². The summed E-state index contributed by atoms with van der Waals surface area (Å²) in [5, 5.41) is 3.56. The maximum absolute atomic E-state index is 12.6. The van der Waals surface area contributed by atoms with Crippen molar-refractivity contribution in [3.63, 3.8) is 0 Å². The number of hydrogen-bond donors (Lipinski definition) is 1. The van der Waals surface area contributed by atoms with Crippen LogP contribution in [0.3, 0.4) is 0 Å². The van der Waals surface area contributed by atoms with E-state index in [4.69, 9.17) is 5.73 Å². The van der Waals surface area contributed by atoms with Crippen LogP contribution < -0.4 is 5.73 Å². The van der Waals surface area contributed by atoms with Crippen LogP contribution in [0.25, 0.3) is 0 Å². The lowest BCUT2D eigenvalue weighted by molar-refractivity contribution is -0.193. The number of rotatable bonds is 3. The smallest absolute Gasteiger partial charge is 0.340 e. The molecule has 0 aliphatic rings. The van der Waals surface area contributed by atoms with Gasteiger partial charge in [-0.2, -0.15) is 24.5 Å². The Balaban J connectivity index is 2.76. The van der Waals surface area contributed by atoms with Crippen molar-refractivity contribution in [2.45, 2.75) is 25.2 Å². The molecule has 1 rings (SSSR count). The second-order valence-corrected chi connectivity index (χ2v) is 4.77. The Labute approximate surface area is 101 Å². The van der Waals surface area contributed by atoms with Gasteiger partial charge in [0.05, 0.1) is 0 Å². The fraction of sp³-hybridized carbons (Fsp3) is 0.500. The van der Waals surface area contributed by atoms with Gasteiger partial charge in [0.15, 0.2) is 5.54 Å². The molecule has 0 fully saturated rings. The predicted octanol–water partition coefficient (Wildman–Crippen LogP) is 1.99. The number of halogens is 3. The van der Waals surface area contributed by atoms with Crippen molar-refractivity contribution in [1.82, 2.24) is 4.90 Å². The minimum absolute atomic E-state index is 0.116. The summed E-state index contributed by atoms with van der Waals surface area (Å²) >= 11 is 1.41. The first-order valence-corrected chi connectivity index (χ1v) is 5.73. The maximum Gasteiger partial charge on any atom is 0.415 e. The van der Waals surface area contributed by atoms with Crippen molar-refractivity contribution in [2.75, 3.05) is 7.05 Å².